The van der Waals surface area contributed by atoms with E-state index >= 15 is 0 Å². The minimum absolute atomic E-state index is 0.278. The van der Waals surface area contributed by atoms with Gasteiger partial charge in [0.15, 0.2) is 0 Å². The van der Waals surface area contributed by atoms with Crippen molar-refractivity contribution in [3.63, 3.8) is 0 Å². The van der Waals surface area contributed by atoms with Gasteiger partial charge in [-0.15, -0.1) is 4.91 Å². The van der Waals surface area contributed by atoms with Gasteiger partial charge in [0.25, 0.3) is 0 Å². The van der Waals surface area contributed by atoms with Crippen LogP contribution in [0.2, 0.25) is 0 Å². The fraction of sp³-hybridized carbons (Fsp3) is 0.0556. The van der Waals surface area contributed by atoms with Crippen molar-refractivity contribution in [2.75, 3.05) is 7.11 Å². The maximum Gasteiger partial charge on any atom is 0.355 e. The van der Waals surface area contributed by atoms with Crippen molar-refractivity contribution in [2.45, 2.75) is 0 Å². The van der Waals surface area contributed by atoms with E-state index in [4.69, 9.17) is 4.74 Å². The van der Waals surface area contributed by atoms with Gasteiger partial charge in [-0.3, -0.25) is 0 Å². The molecule has 6 nitrogen and oxygen atoms in total. The number of nitrogens with zero attached hydrogens (tertiary/aromatic N) is 1. The van der Waals surface area contributed by atoms with Crippen molar-refractivity contribution >= 4 is 33.5 Å². The second-order valence-corrected chi connectivity index (χ2v) is 5.40. The minimum Gasteiger partial charge on any atom is -0.464 e. The van der Waals surface area contributed by atoms with Crippen LogP contribution >= 0.6 is 0 Å². The van der Waals surface area contributed by atoms with Gasteiger partial charge >= 0.3 is 5.97 Å². The number of nitrogens with one attached hydrogen (secondary N) is 2. The Morgan fingerprint density at radius 2 is 1.58 bits per heavy atom. The molecule has 2 heterocycles. The number of carbonyl (C=O) groups is 1. The van der Waals surface area contributed by atoms with Crippen molar-refractivity contribution in [3.8, 4) is 11.3 Å². The molecule has 0 spiro atoms. The number of benzene rings is 2. The summed E-state index contributed by atoms with van der Waals surface area (Å²) in [7, 11) is 1.32. The number of rotatable bonds is 3. The lowest BCUT2D eigenvalue weighted by atomic mass is 10.1. The summed E-state index contributed by atoms with van der Waals surface area (Å²) in [6.45, 7) is 0. The maximum absolute atomic E-state index is 12.2. The number of aromatic nitrogens is 2. The zero-order chi connectivity index (χ0) is 16.7. The largest absolute Gasteiger partial charge is 0.464 e. The summed E-state index contributed by atoms with van der Waals surface area (Å²) < 4.78 is 4.88. The van der Waals surface area contributed by atoms with Crippen LogP contribution in [-0.2, 0) is 4.74 Å². The van der Waals surface area contributed by atoms with Crippen LogP contribution in [0.1, 0.15) is 10.5 Å². The Kier molecular flexibility index (Phi) is 3.16. The van der Waals surface area contributed by atoms with Crippen LogP contribution in [0.25, 0.3) is 33.1 Å². The number of esters is 1. The summed E-state index contributed by atoms with van der Waals surface area (Å²) in [6.07, 6.45) is 0. The Hall–Kier alpha value is -3.41. The molecule has 2 aromatic carbocycles. The second kappa shape index (κ2) is 5.34. The van der Waals surface area contributed by atoms with E-state index in [-0.39, 0.29) is 11.4 Å². The molecule has 0 saturated carbocycles. The van der Waals surface area contributed by atoms with Crippen LogP contribution < -0.4 is 0 Å². The molecule has 0 fully saturated rings. The van der Waals surface area contributed by atoms with Crippen molar-refractivity contribution < 1.29 is 9.53 Å². The molecule has 2 N–H and O–H groups in total. The Bertz CT molecular complexity index is 1090. The summed E-state index contributed by atoms with van der Waals surface area (Å²) in [5.41, 5.74) is 3.22. The summed E-state index contributed by atoms with van der Waals surface area (Å²) >= 11 is 0. The summed E-state index contributed by atoms with van der Waals surface area (Å²) in [5.74, 6) is -0.503. The first-order valence-corrected chi connectivity index (χ1v) is 7.38. The van der Waals surface area contributed by atoms with E-state index in [0.29, 0.717) is 16.6 Å². The molecule has 0 aliphatic carbocycles. The Morgan fingerprint density at radius 3 is 2.25 bits per heavy atom. The van der Waals surface area contributed by atoms with E-state index in [1.807, 2.05) is 48.5 Å². The Labute approximate surface area is 136 Å². The van der Waals surface area contributed by atoms with Gasteiger partial charge in [0, 0.05) is 27.4 Å². The average Bonchev–Trinajstić information content (AvgIpc) is 3.18. The molecule has 118 valence electrons. The van der Waals surface area contributed by atoms with Gasteiger partial charge in [0.2, 0.25) is 0 Å². The van der Waals surface area contributed by atoms with E-state index in [9.17, 15) is 9.70 Å². The van der Waals surface area contributed by atoms with Gasteiger partial charge in [-0.2, -0.15) is 0 Å². The molecule has 0 saturated heterocycles. The number of aromatic amines is 2. The quantitative estimate of drug-likeness (QED) is 0.430. The highest BCUT2D eigenvalue weighted by molar-refractivity contribution is 6.12. The van der Waals surface area contributed by atoms with Crippen molar-refractivity contribution in [1.29, 1.82) is 0 Å². The molecular formula is C18H13N3O3. The fourth-order valence-corrected chi connectivity index (χ4v) is 3.06. The molecule has 0 bridgehead atoms. The van der Waals surface area contributed by atoms with Crippen molar-refractivity contribution in [2.24, 2.45) is 5.18 Å². The topological polar surface area (TPSA) is 87.3 Å². The third-order valence-corrected chi connectivity index (χ3v) is 4.12. The lowest BCUT2D eigenvalue weighted by Gasteiger charge is -2.02. The monoisotopic (exact) mass is 319 g/mol. The zero-order valence-electron chi connectivity index (χ0n) is 12.8. The van der Waals surface area contributed by atoms with Crippen LogP contribution in [0.15, 0.2) is 53.7 Å². The first kappa shape index (κ1) is 14.2. The van der Waals surface area contributed by atoms with Gasteiger partial charge < -0.3 is 14.7 Å². The Morgan fingerprint density at radius 1 is 0.958 bits per heavy atom. The number of methoxy groups -OCH3 is 1. The molecule has 0 amide bonds. The standard InChI is InChI=1S/C18H13N3O3/c1-24-18(22)17-14(10-6-2-4-8-12(10)20-17)16-15(21-23)11-7-3-5-9-13(11)19-16/h2-9,19-20H,1H3. The molecule has 4 aromatic rings. The Balaban J connectivity index is 2.13. The number of nitroso groups, excluding NO2 is 1. The SMILES string of the molecule is COC(=O)c1[nH]c2ccccc2c1-c1[nH]c2ccccc2c1N=O. The molecule has 0 atom stereocenters. The minimum atomic E-state index is -0.503. The summed E-state index contributed by atoms with van der Waals surface area (Å²) in [4.78, 5) is 30.0. The lowest BCUT2D eigenvalue weighted by Crippen LogP contribution is -2.03. The molecule has 6 heteroatoms. The number of H-pyrrole nitrogens is 2. The molecule has 24 heavy (non-hydrogen) atoms. The third kappa shape index (κ3) is 1.93. The zero-order valence-corrected chi connectivity index (χ0v) is 12.8. The number of carbonyl (C=O) groups excluding carboxylic acids is 1. The average molecular weight is 319 g/mol. The van der Waals surface area contributed by atoms with Crippen LogP contribution in [0, 0.1) is 4.91 Å². The van der Waals surface area contributed by atoms with Crippen molar-refractivity contribution in [3.05, 3.63) is 59.1 Å². The number of fused-ring (bicyclic) bond motifs is 2. The number of hydrogen-bond acceptors (Lipinski definition) is 4. The first-order valence-electron chi connectivity index (χ1n) is 7.38. The second-order valence-electron chi connectivity index (χ2n) is 5.40. The lowest BCUT2D eigenvalue weighted by molar-refractivity contribution is 0.0596. The highest BCUT2D eigenvalue weighted by Gasteiger charge is 2.24. The van der Waals surface area contributed by atoms with Gasteiger partial charge in [0.1, 0.15) is 11.4 Å². The summed E-state index contributed by atoms with van der Waals surface area (Å²) in [6, 6.07) is 14.9. The molecule has 0 aliphatic heterocycles. The molecular weight excluding hydrogens is 306 g/mol. The van der Waals surface area contributed by atoms with E-state index < -0.39 is 5.97 Å². The van der Waals surface area contributed by atoms with Crippen LogP contribution in [0.4, 0.5) is 5.69 Å². The van der Waals surface area contributed by atoms with Crippen LogP contribution in [0.3, 0.4) is 0 Å². The van der Waals surface area contributed by atoms with E-state index in [0.717, 1.165) is 16.4 Å². The highest BCUT2D eigenvalue weighted by atomic mass is 16.5. The molecule has 0 aliphatic rings. The predicted molar refractivity (Wildman–Crippen MR) is 92.4 cm³/mol. The van der Waals surface area contributed by atoms with Gasteiger partial charge in [-0.25, -0.2) is 4.79 Å². The first-order chi connectivity index (χ1) is 11.7. The van der Waals surface area contributed by atoms with Crippen LogP contribution in [-0.4, -0.2) is 23.0 Å². The predicted octanol–water partition coefficient (Wildman–Crippen LogP) is 4.50. The van der Waals surface area contributed by atoms with Gasteiger partial charge in [-0.05, 0) is 17.3 Å². The summed E-state index contributed by atoms with van der Waals surface area (Å²) in [5, 5.41) is 4.73. The van der Waals surface area contributed by atoms with Crippen LogP contribution in [0.5, 0.6) is 0 Å². The fourth-order valence-electron chi connectivity index (χ4n) is 3.06. The van der Waals surface area contributed by atoms with Crippen molar-refractivity contribution in [1.82, 2.24) is 9.97 Å². The third-order valence-electron chi connectivity index (χ3n) is 4.12. The molecule has 0 radical (unpaired) electrons. The molecule has 4 rings (SSSR count). The number of hydrogen-bond donors (Lipinski definition) is 2. The maximum atomic E-state index is 12.2. The molecule has 0 unspecified atom stereocenters. The van der Waals surface area contributed by atoms with E-state index in [2.05, 4.69) is 15.1 Å². The van der Waals surface area contributed by atoms with E-state index in [1.165, 1.54) is 7.11 Å². The molecule has 2 aromatic heterocycles. The number of para-hydroxylation sites is 2. The van der Waals surface area contributed by atoms with Gasteiger partial charge in [-0.1, -0.05) is 36.4 Å². The van der Waals surface area contributed by atoms with Gasteiger partial charge in [0.05, 0.1) is 12.8 Å². The smallest absolute Gasteiger partial charge is 0.355 e. The highest BCUT2D eigenvalue weighted by Crippen LogP contribution is 2.41. The van der Waals surface area contributed by atoms with E-state index in [1.54, 1.807) is 0 Å². The normalized spacial score (nSPS) is 11.0. The number of ether oxygens (including phenoxy) is 1.